The summed E-state index contributed by atoms with van der Waals surface area (Å²) >= 11 is 0. The second kappa shape index (κ2) is 7.72. The highest BCUT2D eigenvalue weighted by atomic mass is 16.5. The van der Waals surface area contributed by atoms with E-state index in [1.54, 1.807) is 6.08 Å². The minimum Gasteiger partial charge on any atom is -0.624 e. The van der Waals surface area contributed by atoms with Gasteiger partial charge in [0.2, 0.25) is 0 Å². The van der Waals surface area contributed by atoms with Gasteiger partial charge in [-0.25, -0.2) is 4.74 Å². The molecule has 21 heavy (non-hydrogen) atoms. The normalized spacial score (nSPS) is 11.7. The lowest BCUT2D eigenvalue weighted by Gasteiger charge is -1.99. The summed E-state index contributed by atoms with van der Waals surface area (Å²) in [5.41, 5.74) is 3.03. The first-order valence-corrected chi connectivity index (χ1v) is 6.79. The summed E-state index contributed by atoms with van der Waals surface area (Å²) in [6, 6.07) is 20.0. The van der Waals surface area contributed by atoms with Crippen molar-refractivity contribution in [3.05, 3.63) is 83.1 Å². The summed E-state index contributed by atoms with van der Waals surface area (Å²) in [6.45, 7) is 0. The van der Waals surface area contributed by atoms with Crippen LogP contribution in [0.5, 0.6) is 0 Å². The molecule has 2 rings (SSSR count). The highest BCUT2D eigenvalue weighted by molar-refractivity contribution is 5.89. The maximum absolute atomic E-state index is 11.0. The van der Waals surface area contributed by atoms with Gasteiger partial charge >= 0.3 is 0 Å². The van der Waals surface area contributed by atoms with Crippen LogP contribution in [-0.2, 0) is 6.42 Å². The van der Waals surface area contributed by atoms with Gasteiger partial charge in [-0.3, -0.25) is 0 Å². The fraction of sp³-hybridized carbons (Fsp3) is 0.105. The molecule has 2 aromatic rings. The van der Waals surface area contributed by atoms with Crippen molar-refractivity contribution in [3.63, 3.8) is 0 Å². The van der Waals surface area contributed by atoms with E-state index in [1.165, 1.54) is 18.8 Å². The van der Waals surface area contributed by atoms with Gasteiger partial charge in [0.25, 0.3) is 0 Å². The highest BCUT2D eigenvalue weighted by Crippen LogP contribution is 2.12. The van der Waals surface area contributed by atoms with Crippen LogP contribution in [0.3, 0.4) is 0 Å². The Morgan fingerprint density at radius 3 is 2.29 bits per heavy atom. The first-order chi connectivity index (χ1) is 10.3. The fourth-order valence-electron chi connectivity index (χ4n) is 1.84. The van der Waals surface area contributed by atoms with Crippen molar-refractivity contribution in [2.75, 3.05) is 7.05 Å². The lowest BCUT2D eigenvalue weighted by Crippen LogP contribution is -1.94. The van der Waals surface area contributed by atoms with Crippen LogP contribution in [0.4, 0.5) is 0 Å². The van der Waals surface area contributed by atoms with Gasteiger partial charge in [0.05, 0.1) is 0 Å². The second-order valence-corrected chi connectivity index (χ2v) is 4.61. The predicted octanol–water partition coefficient (Wildman–Crippen LogP) is 3.53. The van der Waals surface area contributed by atoms with Crippen molar-refractivity contribution >= 4 is 11.8 Å². The third-order valence-corrected chi connectivity index (χ3v) is 2.89. The molecule has 0 spiro atoms. The predicted molar refractivity (Wildman–Crippen MR) is 88.0 cm³/mol. The van der Waals surface area contributed by atoms with Gasteiger partial charge in [-0.15, -0.1) is 0 Å². The summed E-state index contributed by atoms with van der Waals surface area (Å²) in [4.78, 5) is 0. The minimum absolute atomic E-state index is 0.693. The zero-order chi connectivity index (χ0) is 14.9. The molecule has 2 nitrogen and oxygen atoms in total. The van der Waals surface area contributed by atoms with Crippen LogP contribution in [0.2, 0.25) is 0 Å². The van der Waals surface area contributed by atoms with Gasteiger partial charge < -0.3 is 5.21 Å². The summed E-state index contributed by atoms with van der Waals surface area (Å²) < 4.78 is 0.766. The van der Waals surface area contributed by atoms with Gasteiger partial charge in [0.1, 0.15) is 7.05 Å². The molecule has 0 radical (unpaired) electrons. The molecule has 0 heterocycles. The van der Waals surface area contributed by atoms with E-state index in [4.69, 9.17) is 0 Å². The van der Waals surface area contributed by atoms with Crippen LogP contribution in [0.25, 0.3) is 5.57 Å². The largest absolute Gasteiger partial charge is 0.624 e. The molecule has 0 saturated heterocycles. The van der Waals surface area contributed by atoms with E-state index in [9.17, 15) is 5.21 Å². The Morgan fingerprint density at radius 1 is 1.05 bits per heavy atom. The van der Waals surface area contributed by atoms with Gasteiger partial charge in [0.15, 0.2) is 6.21 Å². The van der Waals surface area contributed by atoms with Crippen LogP contribution in [-0.4, -0.2) is 18.0 Å². The van der Waals surface area contributed by atoms with E-state index in [2.05, 4.69) is 24.0 Å². The van der Waals surface area contributed by atoms with Crippen molar-refractivity contribution in [3.8, 4) is 11.8 Å². The summed E-state index contributed by atoms with van der Waals surface area (Å²) in [7, 11) is 1.45. The standard InChI is InChI=1S/C19H17NO/c1-20(21)16-15-19(18-12-6-3-7-13-18)14-8-11-17-9-4-2-5-10-17/h2-7,9-10,12-13,15-16H,11H2,1H3/b19-15+,20-16-. The van der Waals surface area contributed by atoms with Gasteiger partial charge in [-0.1, -0.05) is 72.5 Å². The lowest BCUT2D eigenvalue weighted by molar-refractivity contribution is -0.416. The Balaban J connectivity index is 2.22. The molecule has 0 N–H and O–H groups in total. The highest BCUT2D eigenvalue weighted by Gasteiger charge is 1.97. The van der Waals surface area contributed by atoms with Crippen molar-refractivity contribution in [2.45, 2.75) is 6.42 Å². The number of rotatable bonds is 3. The maximum Gasteiger partial charge on any atom is 0.175 e. The van der Waals surface area contributed by atoms with Crippen LogP contribution in [0.15, 0.2) is 66.7 Å². The molecule has 0 aliphatic rings. The van der Waals surface area contributed by atoms with Crippen LogP contribution in [0, 0.1) is 17.0 Å². The molecule has 2 aromatic carbocycles. The third-order valence-electron chi connectivity index (χ3n) is 2.89. The Kier molecular flexibility index (Phi) is 5.37. The Bertz CT molecular complexity index is 685. The Labute approximate surface area is 125 Å². The molecule has 104 valence electrons. The average Bonchev–Trinajstić information content (AvgIpc) is 2.52. The van der Waals surface area contributed by atoms with E-state index in [0.717, 1.165) is 15.9 Å². The maximum atomic E-state index is 11.0. The summed E-state index contributed by atoms with van der Waals surface area (Å²) in [5, 5.41) is 11.0. The first-order valence-electron chi connectivity index (χ1n) is 6.79. The van der Waals surface area contributed by atoms with E-state index in [0.29, 0.717) is 6.42 Å². The second-order valence-electron chi connectivity index (χ2n) is 4.61. The number of hydroxylamine groups is 1. The molecular weight excluding hydrogens is 258 g/mol. The van der Waals surface area contributed by atoms with Crippen molar-refractivity contribution in [1.29, 1.82) is 0 Å². The zero-order valence-corrected chi connectivity index (χ0v) is 12.0. The van der Waals surface area contributed by atoms with Crippen LogP contribution < -0.4 is 0 Å². The molecule has 0 aromatic heterocycles. The molecule has 0 saturated carbocycles. The number of nitrogens with zero attached hydrogens (tertiary/aromatic N) is 1. The summed E-state index contributed by atoms with van der Waals surface area (Å²) in [6.07, 6.45) is 3.91. The molecule has 0 amide bonds. The van der Waals surface area contributed by atoms with Gasteiger partial charge in [-0.05, 0) is 11.1 Å². The van der Waals surface area contributed by atoms with Gasteiger partial charge in [-0.2, -0.15) is 0 Å². The van der Waals surface area contributed by atoms with E-state index in [1.807, 2.05) is 48.5 Å². The van der Waals surface area contributed by atoms with Gasteiger partial charge in [0, 0.05) is 18.1 Å². The van der Waals surface area contributed by atoms with E-state index < -0.39 is 0 Å². The number of allylic oxidation sites excluding steroid dienone is 2. The van der Waals surface area contributed by atoms with Crippen LogP contribution >= 0.6 is 0 Å². The van der Waals surface area contributed by atoms with Crippen molar-refractivity contribution < 1.29 is 4.74 Å². The molecular formula is C19H17NO. The van der Waals surface area contributed by atoms with Crippen LogP contribution in [0.1, 0.15) is 11.1 Å². The van der Waals surface area contributed by atoms with Crippen molar-refractivity contribution in [2.24, 2.45) is 0 Å². The number of hydrogen-bond donors (Lipinski definition) is 0. The topological polar surface area (TPSA) is 26.1 Å². The Hall–Kier alpha value is -2.79. The van der Waals surface area contributed by atoms with E-state index >= 15 is 0 Å². The molecule has 2 heteroatoms. The first kappa shape index (κ1) is 14.6. The molecule has 0 fully saturated rings. The lowest BCUT2D eigenvalue weighted by atomic mass is 10.1. The Morgan fingerprint density at radius 2 is 1.67 bits per heavy atom. The SMILES string of the molecule is C/[N+]([O-])=C/C=C(\C#CCc1ccccc1)c1ccccc1. The number of hydrogen-bond acceptors (Lipinski definition) is 1. The third kappa shape index (κ3) is 5.00. The molecule has 0 bridgehead atoms. The quantitative estimate of drug-likeness (QED) is 0.277. The van der Waals surface area contributed by atoms with E-state index in [-0.39, 0.29) is 0 Å². The summed E-state index contributed by atoms with van der Waals surface area (Å²) in [5.74, 6) is 6.32. The smallest absolute Gasteiger partial charge is 0.175 e. The molecule has 0 atom stereocenters. The minimum atomic E-state index is 0.693. The van der Waals surface area contributed by atoms with Crippen molar-refractivity contribution in [1.82, 2.24) is 0 Å². The molecule has 0 aliphatic heterocycles. The average molecular weight is 275 g/mol. The zero-order valence-electron chi connectivity index (χ0n) is 12.0. The molecule has 0 aliphatic carbocycles. The monoisotopic (exact) mass is 275 g/mol. The molecule has 0 unspecified atom stereocenters. The fourth-order valence-corrected chi connectivity index (χ4v) is 1.84. The number of benzene rings is 2.